The van der Waals surface area contributed by atoms with Crippen molar-refractivity contribution in [1.82, 2.24) is 0 Å². The maximum absolute atomic E-state index is 12.0. The summed E-state index contributed by atoms with van der Waals surface area (Å²) in [5.41, 5.74) is -5.98. The molecule has 1 aliphatic rings. The van der Waals surface area contributed by atoms with E-state index in [-0.39, 0.29) is 12.8 Å². The van der Waals surface area contributed by atoms with Crippen LogP contribution in [-0.2, 0) is 19.1 Å². The number of carboxylic acid groups (broad SMARTS) is 1. The van der Waals surface area contributed by atoms with E-state index >= 15 is 0 Å². The molecule has 0 aromatic carbocycles. The van der Waals surface area contributed by atoms with E-state index in [0.29, 0.717) is 0 Å². The fourth-order valence-corrected chi connectivity index (χ4v) is 2.03. The molecule has 9 heteroatoms. The van der Waals surface area contributed by atoms with Crippen molar-refractivity contribution in [1.29, 1.82) is 0 Å². The Kier molecular flexibility index (Phi) is 3.42. The van der Waals surface area contributed by atoms with Gasteiger partial charge in [-0.15, -0.1) is 0 Å². The number of aliphatic carboxylic acids is 1. The SMILES string of the molecule is CC1CCC(OS(=O)(=O)C(F)(F)F)=C1C(=O)O. The van der Waals surface area contributed by atoms with Gasteiger partial charge in [0.15, 0.2) is 0 Å². The molecule has 5 nitrogen and oxygen atoms in total. The van der Waals surface area contributed by atoms with Crippen LogP contribution in [0, 0.1) is 5.92 Å². The lowest BCUT2D eigenvalue weighted by Gasteiger charge is -2.11. The Morgan fingerprint density at radius 3 is 2.41 bits per heavy atom. The molecule has 1 unspecified atom stereocenters. The highest BCUT2D eigenvalue weighted by molar-refractivity contribution is 7.87. The zero-order valence-corrected chi connectivity index (χ0v) is 9.43. The first-order valence-electron chi connectivity index (χ1n) is 4.53. The number of carbonyl (C=O) groups is 1. The third-order valence-corrected chi connectivity index (χ3v) is 3.31. The van der Waals surface area contributed by atoms with Gasteiger partial charge in [0.25, 0.3) is 0 Å². The molecular weight excluding hydrogens is 265 g/mol. The van der Waals surface area contributed by atoms with Gasteiger partial charge in [0.05, 0.1) is 5.57 Å². The van der Waals surface area contributed by atoms with E-state index in [1.54, 1.807) is 0 Å². The van der Waals surface area contributed by atoms with Gasteiger partial charge in [-0.05, 0) is 12.3 Å². The van der Waals surface area contributed by atoms with Crippen LogP contribution in [0.15, 0.2) is 11.3 Å². The lowest BCUT2D eigenvalue weighted by atomic mass is 10.1. The number of hydrogen-bond acceptors (Lipinski definition) is 4. The topological polar surface area (TPSA) is 80.7 Å². The van der Waals surface area contributed by atoms with E-state index in [2.05, 4.69) is 4.18 Å². The number of alkyl halides is 3. The van der Waals surface area contributed by atoms with Crippen LogP contribution < -0.4 is 0 Å². The number of hydrogen-bond donors (Lipinski definition) is 1. The maximum Gasteiger partial charge on any atom is 0.534 e. The van der Waals surface area contributed by atoms with Gasteiger partial charge in [0.1, 0.15) is 5.76 Å². The predicted molar refractivity (Wildman–Crippen MR) is 49.1 cm³/mol. The van der Waals surface area contributed by atoms with Crippen LogP contribution in [0.4, 0.5) is 13.2 Å². The molecule has 0 aromatic rings. The molecular formula is C8H9F3O5S. The Morgan fingerprint density at radius 2 is 2.00 bits per heavy atom. The van der Waals surface area contributed by atoms with Gasteiger partial charge in [0.2, 0.25) is 0 Å². The Bertz CT molecular complexity index is 462. The van der Waals surface area contributed by atoms with Crippen LogP contribution >= 0.6 is 0 Å². The van der Waals surface area contributed by atoms with Gasteiger partial charge >= 0.3 is 21.6 Å². The lowest BCUT2D eigenvalue weighted by molar-refractivity contribution is -0.133. The van der Waals surface area contributed by atoms with E-state index in [1.165, 1.54) is 6.92 Å². The second-order valence-corrected chi connectivity index (χ2v) is 5.10. The van der Waals surface area contributed by atoms with Gasteiger partial charge in [-0.3, -0.25) is 0 Å². The van der Waals surface area contributed by atoms with Crippen LogP contribution in [0.2, 0.25) is 0 Å². The predicted octanol–water partition coefficient (Wildman–Crippen LogP) is 1.62. The molecule has 17 heavy (non-hydrogen) atoms. The summed E-state index contributed by atoms with van der Waals surface area (Å²) in [6.45, 7) is 1.47. The fourth-order valence-electron chi connectivity index (χ4n) is 1.50. The Hall–Kier alpha value is -1.25. The smallest absolute Gasteiger partial charge is 0.478 e. The van der Waals surface area contributed by atoms with E-state index in [1.807, 2.05) is 0 Å². The summed E-state index contributed by atoms with van der Waals surface area (Å²) in [7, 11) is -5.79. The largest absolute Gasteiger partial charge is 0.534 e. The number of rotatable bonds is 3. The molecule has 0 heterocycles. The van der Waals surface area contributed by atoms with E-state index in [4.69, 9.17) is 5.11 Å². The highest BCUT2D eigenvalue weighted by Crippen LogP contribution is 2.36. The Balaban J connectivity index is 3.08. The maximum atomic E-state index is 12.0. The van der Waals surface area contributed by atoms with E-state index in [9.17, 15) is 26.4 Å². The Morgan fingerprint density at radius 1 is 1.47 bits per heavy atom. The summed E-state index contributed by atoms with van der Waals surface area (Å²) < 4.78 is 61.4. The minimum absolute atomic E-state index is 0.141. The molecule has 1 atom stereocenters. The van der Waals surface area contributed by atoms with Crippen molar-refractivity contribution in [2.75, 3.05) is 0 Å². The minimum Gasteiger partial charge on any atom is -0.478 e. The molecule has 0 fully saturated rings. The van der Waals surface area contributed by atoms with Crippen LogP contribution in [0.5, 0.6) is 0 Å². The first kappa shape index (κ1) is 13.8. The van der Waals surface area contributed by atoms with Crippen LogP contribution in [0.1, 0.15) is 19.8 Å². The van der Waals surface area contributed by atoms with Gasteiger partial charge in [0, 0.05) is 6.42 Å². The van der Waals surface area contributed by atoms with Crippen molar-refractivity contribution in [3.8, 4) is 0 Å². The average Bonchev–Trinajstić information content (AvgIpc) is 2.43. The second kappa shape index (κ2) is 4.21. The molecule has 0 amide bonds. The normalized spacial score (nSPS) is 21.8. The van der Waals surface area contributed by atoms with Crippen LogP contribution in [0.25, 0.3) is 0 Å². The molecule has 0 saturated carbocycles. The van der Waals surface area contributed by atoms with Gasteiger partial charge in [-0.2, -0.15) is 21.6 Å². The molecule has 98 valence electrons. The third-order valence-electron chi connectivity index (χ3n) is 2.32. The second-order valence-electron chi connectivity index (χ2n) is 3.56. The first-order chi connectivity index (χ1) is 7.56. The molecule has 1 N–H and O–H groups in total. The van der Waals surface area contributed by atoms with Crippen LogP contribution in [0.3, 0.4) is 0 Å². The highest BCUT2D eigenvalue weighted by Gasteiger charge is 2.49. The highest BCUT2D eigenvalue weighted by atomic mass is 32.2. The monoisotopic (exact) mass is 274 g/mol. The fraction of sp³-hybridized carbons (Fsp3) is 0.625. The van der Waals surface area contributed by atoms with Crippen molar-refractivity contribution in [3.63, 3.8) is 0 Å². The first-order valence-corrected chi connectivity index (χ1v) is 5.94. The number of halogens is 3. The van der Waals surface area contributed by atoms with Crippen LogP contribution in [-0.4, -0.2) is 25.0 Å². The zero-order chi connectivity index (χ0) is 13.4. The molecule has 1 rings (SSSR count). The summed E-state index contributed by atoms with van der Waals surface area (Å²) in [5.74, 6) is -2.64. The molecule has 0 aliphatic heterocycles. The van der Waals surface area contributed by atoms with Crippen molar-refractivity contribution < 1.29 is 35.7 Å². The lowest BCUT2D eigenvalue weighted by Crippen LogP contribution is -2.25. The van der Waals surface area contributed by atoms with E-state index < -0.39 is 38.8 Å². The van der Waals surface area contributed by atoms with Crippen molar-refractivity contribution >= 4 is 16.1 Å². The standard InChI is InChI=1S/C8H9F3O5S/c1-4-2-3-5(6(4)7(12)13)16-17(14,15)8(9,10)11/h4H,2-3H2,1H3,(H,12,13). The van der Waals surface area contributed by atoms with Crippen molar-refractivity contribution in [3.05, 3.63) is 11.3 Å². The molecule has 1 aliphatic carbocycles. The quantitative estimate of drug-likeness (QED) is 0.624. The molecule has 0 radical (unpaired) electrons. The Labute approximate surface area is 95.0 Å². The van der Waals surface area contributed by atoms with Crippen molar-refractivity contribution in [2.45, 2.75) is 25.3 Å². The van der Waals surface area contributed by atoms with Gasteiger partial charge < -0.3 is 9.29 Å². The van der Waals surface area contributed by atoms with Gasteiger partial charge in [-0.25, -0.2) is 4.79 Å². The number of allylic oxidation sites excluding steroid dienone is 1. The third kappa shape index (κ3) is 2.71. The summed E-state index contributed by atoms with van der Waals surface area (Å²) in [6.07, 6.45) is 0.0997. The number of carboxylic acids is 1. The van der Waals surface area contributed by atoms with Crippen molar-refractivity contribution in [2.24, 2.45) is 5.92 Å². The van der Waals surface area contributed by atoms with E-state index in [0.717, 1.165) is 0 Å². The summed E-state index contributed by atoms with van der Waals surface area (Å²) >= 11 is 0. The molecule has 0 bridgehead atoms. The summed E-state index contributed by atoms with van der Waals surface area (Å²) in [6, 6.07) is 0. The minimum atomic E-state index is -5.79. The summed E-state index contributed by atoms with van der Waals surface area (Å²) in [5, 5.41) is 8.74. The average molecular weight is 274 g/mol. The zero-order valence-electron chi connectivity index (χ0n) is 8.61. The molecule has 0 saturated heterocycles. The van der Waals surface area contributed by atoms with Gasteiger partial charge in [-0.1, -0.05) is 6.92 Å². The molecule has 0 aromatic heterocycles. The molecule has 0 spiro atoms. The summed E-state index contributed by atoms with van der Waals surface area (Å²) in [4.78, 5) is 10.7.